The fourth-order valence-corrected chi connectivity index (χ4v) is 2.77. The van der Waals surface area contributed by atoms with Gasteiger partial charge in [-0.05, 0) is 31.9 Å². The molecule has 0 saturated carbocycles. The summed E-state index contributed by atoms with van der Waals surface area (Å²) in [5, 5.41) is 2.92. The number of urea groups is 1. The number of carbonyl (C=O) groups excluding carboxylic acids is 2. The first-order valence-electron chi connectivity index (χ1n) is 8.98. The number of para-hydroxylation sites is 1. The van der Waals surface area contributed by atoms with Crippen LogP contribution in [0.4, 0.5) is 4.79 Å². The smallest absolute Gasteiger partial charge is 0.317 e. The minimum Gasteiger partial charge on any atom is -0.491 e. The first kappa shape index (κ1) is 20.0. The molecule has 1 fully saturated rings. The molecule has 3 amide bonds. The molecule has 7 nitrogen and oxygen atoms in total. The van der Waals surface area contributed by atoms with Crippen molar-refractivity contribution in [3.05, 3.63) is 29.8 Å². The second-order valence-electron chi connectivity index (χ2n) is 6.79. The summed E-state index contributed by atoms with van der Waals surface area (Å²) in [5.74, 6) is 0.724. The number of rotatable bonds is 6. The van der Waals surface area contributed by atoms with E-state index in [1.165, 1.54) is 4.90 Å². The standard InChI is InChI=1S/C19H29N3O4/c1-14(2)26-16-8-6-5-7-15(16)9-10-20-19(24)22-11-12-25-17(13-22)18(23)21(3)4/h5-8,14,17H,9-13H2,1-4H3,(H,20,24). The van der Waals surface area contributed by atoms with Crippen LogP contribution in [-0.4, -0.2) is 74.3 Å². The van der Waals surface area contributed by atoms with E-state index in [-0.39, 0.29) is 24.6 Å². The first-order valence-corrected chi connectivity index (χ1v) is 8.98. The number of likely N-dealkylation sites (N-methyl/N-ethyl adjacent to an activating group) is 1. The van der Waals surface area contributed by atoms with Crippen LogP contribution >= 0.6 is 0 Å². The third kappa shape index (κ3) is 5.62. The van der Waals surface area contributed by atoms with Gasteiger partial charge in [-0.25, -0.2) is 4.79 Å². The van der Waals surface area contributed by atoms with Gasteiger partial charge in [0.1, 0.15) is 5.75 Å². The van der Waals surface area contributed by atoms with Crippen molar-refractivity contribution in [1.29, 1.82) is 0 Å². The molecule has 0 aliphatic carbocycles. The van der Waals surface area contributed by atoms with Crippen LogP contribution in [0.25, 0.3) is 0 Å². The van der Waals surface area contributed by atoms with Gasteiger partial charge in [-0.3, -0.25) is 4.79 Å². The minimum absolute atomic E-state index is 0.102. The van der Waals surface area contributed by atoms with E-state index in [1.54, 1.807) is 19.0 Å². The number of hydrogen-bond donors (Lipinski definition) is 1. The van der Waals surface area contributed by atoms with Crippen LogP contribution in [0.1, 0.15) is 19.4 Å². The van der Waals surface area contributed by atoms with Crippen molar-refractivity contribution in [1.82, 2.24) is 15.1 Å². The number of carbonyl (C=O) groups is 2. The van der Waals surface area contributed by atoms with Gasteiger partial charge in [-0.1, -0.05) is 18.2 Å². The van der Waals surface area contributed by atoms with Crippen molar-refractivity contribution < 1.29 is 19.1 Å². The molecule has 7 heteroatoms. The number of ether oxygens (including phenoxy) is 2. The zero-order chi connectivity index (χ0) is 19.1. The Kier molecular flexibility index (Phi) is 7.26. The van der Waals surface area contributed by atoms with Crippen molar-refractivity contribution in [2.75, 3.05) is 40.3 Å². The Morgan fingerprint density at radius 2 is 2.08 bits per heavy atom. The van der Waals surface area contributed by atoms with Crippen LogP contribution in [0.2, 0.25) is 0 Å². The van der Waals surface area contributed by atoms with Gasteiger partial charge in [-0.15, -0.1) is 0 Å². The van der Waals surface area contributed by atoms with Crippen molar-refractivity contribution in [2.24, 2.45) is 0 Å². The van der Waals surface area contributed by atoms with Crippen LogP contribution in [0.15, 0.2) is 24.3 Å². The van der Waals surface area contributed by atoms with Gasteiger partial charge in [0.05, 0.1) is 19.3 Å². The number of nitrogens with one attached hydrogen (secondary N) is 1. The van der Waals surface area contributed by atoms with Gasteiger partial charge < -0.3 is 24.6 Å². The second kappa shape index (κ2) is 9.43. The summed E-state index contributed by atoms with van der Waals surface area (Å²) in [6.45, 7) is 5.60. The summed E-state index contributed by atoms with van der Waals surface area (Å²) in [7, 11) is 3.36. The Morgan fingerprint density at radius 3 is 2.77 bits per heavy atom. The van der Waals surface area contributed by atoms with E-state index in [0.717, 1.165) is 11.3 Å². The van der Waals surface area contributed by atoms with Crippen molar-refractivity contribution in [3.8, 4) is 5.75 Å². The van der Waals surface area contributed by atoms with E-state index >= 15 is 0 Å². The average molecular weight is 363 g/mol. The van der Waals surface area contributed by atoms with Crippen LogP contribution < -0.4 is 10.1 Å². The predicted octanol–water partition coefficient (Wildman–Crippen LogP) is 1.51. The quantitative estimate of drug-likeness (QED) is 0.832. The largest absolute Gasteiger partial charge is 0.491 e. The molecule has 1 aromatic carbocycles. The molecule has 0 bridgehead atoms. The maximum Gasteiger partial charge on any atom is 0.317 e. The monoisotopic (exact) mass is 363 g/mol. The second-order valence-corrected chi connectivity index (χ2v) is 6.79. The third-order valence-corrected chi connectivity index (χ3v) is 4.08. The minimum atomic E-state index is -0.593. The number of nitrogens with zero attached hydrogens (tertiary/aromatic N) is 2. The Hall–Kier alpha value is -2.28. The van der Waals surface area contributed by atoms with Gasteiger partial charge in [0, 0.05) is 27.2 Å². The Bertz CT molecular complexity index is 619. The zero-order valence-electron chi connectivity index (χ0n) is 16.0. The lowest BCUT2D eigenvalue weighted by Gasteiger charge is -2.33. The molecule has 1 saturated heterocycles. The summed E-state index contributed by atoms with van der Waals surface area (Å²) in [6.07, 6.45) is 0.189. The first-order chi connectivity index (χ1) is 12.4. The lowest BCUT2D eigenvalue weighted by Crippen LogP contribution is -2.53. The molecule has 2 rings (SSSR count). The summed E-state index contributed by atoms with van der Waals surface area (Å²) >= 11 is 0. The Morgan fingerprint density at radius 1 is 1.35 bits per heavy atom. The highest BCUT2D eigenvalue weighted by molar-refractivity contribution is 5.82. The molecule has 1 aliphatic heterocycles. The molecule has 1 aliphatic rings. The van der Waals surface area contributed by atoms with Gasteiger partial charge in [0.25, 0.3) is 5.91 Å². The average Bonchev–Trinajstić information content (AvgIpc) is 2.62. The summed E-state index contributed by atoms with van der Waals surface area (Å²) in [5.41, 5.74) is 1.06. The van der Waals surface area contributed by atoms with Crippen molar-refractivity contribution in [3.63, 3.8) is 0 Å². The van der Waals surface area contributed by atoms with E-state index in [9.17, 15) is 9.59 Å². The van der Waals surface area contributed by atoms with Gasteiger partial charge in [0.15, 0.2) is 6.10 Å². The summed E-state index contributed by atoms with van der Waals surface area (Å²) in [4.78, 5) is 27.5. The molecule has 26 heavy (non-hydrogen) atoms. The lowest BCUT2D eigenvalue weighted by molar-refractivity contribution is -0.145. The highest BCUT2D eigenvalue weighted by atomic mass is 16.5. The van der Waals surface area contributed by atoms with Gasteiger partial charge in [-0.2, -0.15) is 0 Å². The Balaban J connectivity index is 1.84. The summed E-state index contributed by atoms with van der Waals surface area (Å²) < 4.78 is 11.3. The fourth-order valence-electron chi connectivity index (χ4n) is 2.77. The highest BCUT2D eigenvalue weighted by Gasteiger charge is 2.30. The molecule has 0 aromatic heterocycles. The van der Waals surface area contributed by atoms with E-state index in [1.807, 2.05) is 38.1 Å². The molecule has 1 heterocycles. The molecular formula is C19H29N3O4. The topological polar surface area (TPSA) is 71.1 Å². The number of amides is 3. The van der Waals surface area contributed by atoms with Gasteiger partial charge in [0.2, 0.25) is 0 Å². The molecule has 1 atom stereocenters. The molecule has 1 aromatic rings. The highest BCUT2D eigenvalue weighted by Crippen LogP contribution is 2.19. The SMILES string of the molecule is CC(C)Oc1ccccc1CCNC(=O)N1CCOC(C(=O)N(C)C)C1. The van der Waals surface area contributed by atoms with Crippen molar-refractivity contribution >= 4 is 11.9 Å². The molecule has 144 valence electrons. The number of hydrogen-bond acceptors (Lipinski definition) is 4. The number of benzene rings is 1. The van der Waals surface area contributed by atoms with Crippen LogP contribution in [0.3, 0.4) is 0 Å². The molecule has 1 unspecified atom stereocenters. The number of morpholine rings is 1. The molecule has 1 N–H and O–H groups in total. The van der Waals surface area contributed by atoms with E-state index in [4.69, 9.17) is 9.47 Å². The maximum atomic E-state index is 12.4. The van der Waals surface area contributed by atoms with E-state index < -0.39 is 6.10 Å². The fraction of sp³-hybridized carbons (Fsp3) is 0.579. The van der Waals surface area contributed by atoms with Gasteiger partial charge >= 0.3 is 6.03 Å². The maximum absolute atomic E-state index is 12.4. The Labute approximate surface area is 155 Å². The third-order valence-electron chi connectivity index (χ3n) is 4.08. The predicted molar refractivity (Wildman–Crippen MR) is 99.3 cm³/mol. The lowest BCUT2D eigenvalue weighted by atomic mass is 10.1. The van der Waals surface area contributed by atoms with Crippen LogP contribution in [0.5, 0.6) is 5.75 Å². The molecular weight excluding hydrogens is 334 g/mol. The van der Waals surface area contributed by atoms with Crippen molar-refractivity contribution in [2.45, 2.75) is 32.5 Å². The summed E-state index contributed by atoms with van der Waals surface area (Å²) in [6, 6.07) is 7.67. The van der Waals surface area contributed by atoms with E-state index in [2.05, 4.69) is 5.32 Å². The normalized spacial score (nSPS) is 17.1. The molecule has 0 spiro atoms. The van der Waals surface area contributed by atoms with E-state index in [0.29, 0.717) is 26.1 Å². The molecule has 0 radical (unpaired) electrons. The van der Waals surface area contributed by atoms with Crippen LogP contribution in [0, 0.1) is 0 Å². The zero-order valence-corrected chi connectivity index (χ0v) is 16.0. The van der Waals surface area contributed by atoms with Crippen LogP contribution in [-0.2, 0) is 16.0 Å².